The van der Waals surface area contributed by atoms with Gasteiger partial charge in [0.25, 0.3) is 0 Å². The van der Waals surface area contributed by atoms with Crippen LogP contribution < -0.4 is 0 Å². The fourth-order valence-corrected chi connectivity index (χ4v) is 2.05. The Morgan fingerprint density at radius 3 is 2.83 bits per heavy atom. The van der Waals surface area contributed by atoms with Gasteiger partial charge < -0.3 is 4.74 Å². The van der Waals surface area contributed by atoms with Crippen LogP contribution in [0.15, 0.2) is 35.2 Å². The molecule has 0 spiro atoms. The zero-order valence-electron chi connectivity index (χ0n) is 9.84. The Balaban J connectivity index is 2.32. The molecule has 0 amide bonds. The molecule has 0 aromatic carbocycles. The molecule has 0 saturated carbocycles. The van der Waals surface area contributed by atoms with Crippen LogP contribution in [0, 0.1) is 0 Å². The zero-order valence-corrected chi connectivity index (χ0v) is 11.4. The van der Waals surface area contributed by atoms with E-state index in [0.29, 0.717) is 28.9 Å². The number of nitrogens with zero attached hydrogens (tertiary/aromatic N) is 3. The molecule has 0 bridgehead atoms. The fourth-order valence-electron chi connectivity index (χ4n) is 1.58. The minimum Gasteiger partial charge on any atom is -0.383 e. The number of halogens is 1. The lowest BCUT2D eigenvalue weighted by molar-refractivity contribution is 0.102. The van der Waals surface area contributed by atoms with Gasteiger partial charge in [0, 0.05) is 25.1 Å². The summed E-state index contributed by atoms with van der Waals surface area (Å²) in [5.41, 5.74) is 1.11. The second-order valence-electron chi connectivity index (χ2n) is 3.62. The van der Waals surface area contributed by atoms with Crippen LogP contribution in [0.1, 0.15) is 16.1 Å². The molecule has 0 aliphatic heterocycles. The molecule has 0 atom stereocenters. The number of carbonyl (C=O) groups is 1. The van der Waals surface area contributed by atoms with E-state index in [1.165, 1.54) is 0 Å². The molecule has 0 fully saturated rings. The van der Waals surface area contributed by atoms with Crippen molar-refractivity contribution in [2.75, 3.05) is 13.7 Å². The molecule has 0 N–H and O–H groups in total. The predicted octanol–water partition coefficient (Wildman–Crippen LogP) is 1.92. The fraction of sp³-hybridized carbons (Fsp3) is 0.250. The maximum absolute atomic E-state index is 12.4. The van der Waals surface area contributed by atoms with Crippen LogP contribution in [0.3, 0.4) is 0 Å². The monoisotopic (exact) mass is 309 g/mol. The lowest BCUT2D eigenvalue weighted by atomic mass is 10.1. The molecule has 0 saturated heterocycles. The average Bonchev–Trinajstić information content (AvgIpc) is 2.77. The van der Waals surface area contributed by atoms with Crippen molar-refractivity contribution in [1.82, 2.24) is 14.8 Å². The lowest BCUT2D eigenvalue weighted by Gasteiger charge is -2.06. The van der Waals surface area contributed by atoms with E-state index >= 15 is 0 Å². The Morgan fingerprint density at radius 2 is 2.17 bits per heavy atom. The Bertz CT molecular complexity index is 540. The van der Waals surface area contributed by atoms with Crippen molar-refractivity contribution in [1.29, 1.82) is 0 Å². The first-order valence-electron chi connectivity index (χ1n) is 5.39. The second kappa shape index (κ2) is 5.88. The van der Waals surface area contributed by atoms with Gasteiger partial charge in [-0.2, -0.15) is 5.10 Å². The van der Waals surface area contributed by atoms with E-state index in [4.69, 9.17) is 4.74 Å². The van der Waals surface area contributed by atoms with Gasteiger partial charge >= 0.3 is 0 Å². The van der Waals surface area contributed by atoms with Gasteiger partial charge in [-0.3, -0.25) is 14.5 Å². The van der Waals surface area contributed by atoms with Crippen LogP contribution >= 0.6 is 15.9 Å². The zero-order chi connectivity index (χ0) is 13.0. The Morgan fingerprint density at radius 1 is 1.44 bits per heavy atom. The maximum atomic E-state index is 12.4. The summed E-state index contributed by atoms with van der Waals surface area (Å²) in [6.07, 6.45) is 4.80. The first-order valence-corrected chi connectivity index (χ1v) is 6.18. The van der Waals surface area contributed by atoms with Crippen molar-refractivity contribution in [2.24, 2.45) is 0 Å². The van der Waals surface area contributed by atoms with E-state index in [1.54, 1.807) is 42.5 Å². The maximum Gasteiger partial charge on any atom is 0.212 e. The number of methoxy groups -OCH3 is 1. The van der Waals surface area contributed by atoms with Gasteiger partial charge in [-0.25, -0.2) is 0 Å². The first-order chi connectivity index (χ1) is 8.74. The van der Waals surface area contributed by atoms with Crippen LogP contribution in [-0.2, 0) is 11.3 Å². The predicted molar refractivity (Wildman–Crippen MR) is 69.5 cm³/mol. The summed E-state index contributed by atoms with van der Waals surface area (Å²) in [5.74, 6) is -0.0853. The normalized spacial score (nSPS) is 10.6. The average molecular weight is 310 g/mol. The molecule has 0 unspecified atom stereocenters. The highest BCUT2D eigenvalue weighted by molar-refractivity contribution is 9.10. The van der Waals surface area contributed by atoms with Crippen LogP contribution in [0.25, 0.3) is 0 Å². The molecule has 18 heavy (non-hydrogen) atoms. The number of carbonyl (C=O) groups excluding carboxylic acids is 1. The summed E-state index contributed by atoms with van der Waals surface area (Å²) >= 11 is 3.35. The third-order valence-corrected chi connectivity index (χ3v) is 3.04. The van der Waals surface area contributed by atoms with Gasteiger partial charge in [0.2, 0.25) is 5.78 Å². The molecule has 2 heterocycles. The van der Waals surface area contributed by atoms with E-state index in [9.17, 15) is 4.79 Å². The smallest absolute Gasteiger partial charge is 0.212 e. The standard InChI is InChI=1S/C12H12BrN3O2/c1-18-7-6-16-11(10(13)8-15-16)12(17)9-2-4-14-5-3-9/h2-5,8H,6-7H2,1H3. The van der Waals surface area contributed by atoms with Gasteiger partial charge in [-0.05, 0) is 28.1 Å². The van der Waals surface area contributed by atoms with Crippen molar-refractivity contribution < 1.29 is 9.53 Å². The van der Waals surface area contributed by atoms with Crippen LogP contribution in [0.4, 0.5) is 0 Å². The summed E-state index contributed by atoms with van der Waals surface area (Å²) in [6, 6.07) is 3.37. The Hall–Kier alpha value is -1.53. The van der Waals surface area contributed by atoms with Gasteiger partial charge in [-0.1, -0.05) is 0 Å². The molecule has 0 aliphatic carbocycles. The Labute approximate surface area is 113 Å². The number of hydrogen-bond donors (Lipinski definition) is 0. The van der Waals surface area contributed by atoms with Crippen molar-refractivity contribution in [3.8, 4) is 0 Å². The molecular weight excluding hydrogens is 298 g/mol. The highest BCUT2D eigenvalue weighted by atomic mass is 79.9. The third-order valence-electron chi connectivity index (χ3n) is 2.46. The molecule has 2 rings (SSSR count). The highest BCUT2D eigenvalue weighted by Crippen LogP contribution is 2.19. The molecular formula is C12H12BrN3O2. The number of pyridine rings is 1. The largest absolute Gasteiger partial charge is 0.383 e. The van der Waals surface area contributed by atoms with Crippen LogP contribution in [0.2, 0.25) is 0 Å². The summed E-state index contributed by atoms with van der Waals surface area (Å²) in [5, 5.41) is 4.15. The topological polar surface area (TPSA) is 57.0 Å². The molecule has 0 aliphatic rings. The summed E-state index contributed by atoms with van der Waals surface area (Å²) in [6.45, 7) is 1.04. The minimum atomic E-state index is -0.0853. The van der Waals surface area contributed by atoms with Gasteiger partial charge in [-0.15, -0.1) is 0 Å². The SMILES string of the molecule is COCCn1ncc(Br)c1C(=O)c1ccncc1. The van der Waals surface area contributed by atoms with E-state index in [2.05, 4.69) is 26.0 Å². The molecule has 2 aromatic rings. The van der Waals surface area contributed by atoms with Gasteiger partial charge in [0.15, 0.2) is 0 Å². The van der Waals surface area contributed by atoms with Crippen molar-refractivity contribution in [2.45, 2.75) is 6.54 Å². The van der Waals surface area contributed by atoms with Gasteiger partial charge in [0.05, 0.1) is 23.8 Å². The van der Waals surface area contributed by atoms with E-state index < -0.39 is 0 Å². The molecule has 0 radical (unpaired) electrons. The lowest BCUT2D eigenvalue weighted by Crippen LogP contribution is -2.14. The number of rotatable bonds is 5. The van der Waals surface area contributed by atoms with E-state index in [0.717, 1.165) is 0 Å². The highest BCUT2D eigenvalue weighted by Gasteiger charge is 2.18. The van der Waals surface area contributed by atoms with Crippen LogP contribution in [-0.4, -0.2) is 34.3 Å². The van der Waals surface area contributed by atoms with Crippen molar-refractivity contribution >= 4 is 21.7 Å². The van der Waals surface area contributed by atoms with Crippen LogP contribution in [0.5, 0.6) is 0 Å². The second-order valence-corrected chi connectivity index (χ2v) is 4.48. The number of aromatic nitrogens is 3. The molecule has 94 valence electrons. The molecule has 2 aromatic heterocycles. The van der Waals surface area contributed by atoms with Gasteiger partial charge in [0.1, 0.15) is 5.69 Å². The number of ketones is 1. The van der Waals surface area contributed by atoms with Crippen molar-refractivity contribution in [3.63, 3.8) is 0 Å². The quantitative estimate of drug-likeness (QED) is 0.792. The summed E-state index contributed by atoms with van der Waals surface area (Å²) in [4.78, 5) is 16.2. The Kier molecular flexibility index (Phi) is 4.22. The minimum absolute atomic E-state index is 0.0853. The molecule has 6 heteroatoms. The third kappa shape index (κ3) is 2.65. The van der Waals surface area contributed by atoms with E-state index in [1.807, 2.05) is 0 Å². The number of hydrogen-bond acceptors (Lipinski definition) is 4. The first kappa shape index (κ1) is 12.9. The van der Waals surface area contributed by atoms with Crippen molar-refractivity contribution in [3.05, 3.63) is 46.5 Å². The number of ether oxygens (including phenoxy) is 1. The molecule has 5 nitrogen and oxygen atoms in total. The summed E-state index contributed by atoms with van der Waals surface area (Å²) in [7, 11) is 1.61. The summed E-state index contributed by atoms with van der Waals surface area (Å²) < 4.78 is 7.31. The van der Waals surface area contributed by atoms with E-state index in [-0.39, 0.29) is 5.78 Å².